The number of carbonyl (C=O) groups is 2. The summed E-state index contributed by atoms with van der Waals surface area (Å²) in [7, 11) is 1.70. The number of benzene rings is 1. The number of nitrogens with zero attached hydrogens (tertiary/aromatic N) is 1. The maximum absolute atomic E-state index is 12.2. The Labute approximate surface area is 120 Å². The van der Waals surface area contributed by atoms with Crippen molar-refractivity contribution in [3.8, 4) is 0 Å². The highest BCUT2D eigenvalue weighted by Crippen LogP contribution is 2.16. The lowest BCUT2D eigenvalue weighted by molar-refractivity contribution is -0.137. The molecule has 4 nitrogen and oxygen atoms in total. The second-order valence-corrected chi connectivity index (χ2v) is 5.37. The first-order valence-corrected chi connectivity index (χ1v) is 6.73. The zero-order chi connectivity index (χ0) is 13.7. The zero-order valence-corrected chi connectivity index (χ0v) is 12.6. The molecule has 0 saturated carbocycles. The van der Waals surface area contributed by atoms with E-state index in [0.29, 0.717) is 18.5 Å². The first kappa shape index (κ1) is 14.9. The molecule has 0 heterocycles. The normalized spacial score (nSPS) is 10.2. The minimum Gasteiger partial charge on any atom is -0.481 e. The third kappa shape index (κ3) is 4.29. The lowest BCUT2D eigenvalue weighted by Gasteiger charge is -2.17. The van der Waals surface area contributed by atoms with Crippen LogP contribution in [0.1, 0.15) is 28.8 Å². The fourth-order valence-corrected chi connectivity index (χ4v) is 2.14. The largest absolute Gasteiger partial charge is 0.481 e. The van der Waals surface area contributed by atoms with Gasteiger partial charge in [0, 0.05) is 23.6 Å². The highest BCUT2D eigenvalue weighted by Gasteiger charge is 2.14. The molecule has 1 aromatic carbocycles. The van der Waals surface area contributed by atoms with Crippen molar-refractivity contribution in [3.63, 3.8) is 0 Å². The molecule has 0 fully saturated rings. The molecule has 0 atom stereocenters. The number of aryl methyl sites for hydroxylation is 1. The van der Waals surface area contributed by atoms with E-state index in [1.807, 2.05) is 25.1 Å². The van der Waals surface area contributed by atoms with Gasteiger partial charge in [-0.15, -0.1) is 0 Å². The summed E-state index contributed by atoms with van der Waals surface area (Å²) in [6.45, 7) is 2.40. The summed E-state index contributed by atoms with van der Waals surface area (Å²) >= 11 is 2.13. The standard InChI is InChI=1S/C13H16INO3/c1-9-5-6-11(14)10(8-9)13(18)15(2)7-3-4-12(16)17/h5-6,8H,3-4,7H2,1-2H3,(H,16,17). The number of carbonyl (C=O) groups excluding carboxylic acids is 1. The Balaban J connectivity index is 2.68. The number of aliphatic carboxylic acids is 1. The Hall–Kier alpha value is -1.11. The third-order valence-corrected chi connectivity index (χ3v) is 3.52. The van der Waals surface area contributed by atoms with Gasteiger partial charge in [0.1, 0.15) is 0 Å². The van der Waals surface area contributed by atoms with Gasteiger partial charge < -0.3 is 10.0 Å². The van der Waals surface area contributed by atoms with E-state index in [1.165, 1.54) is 0 Å². The summed E-state index contributed by atoms with van der Waals surface area (Å²) in [5.74, 6) is -0.894. The summed E-state index contributed by atoms with van der Waals surface area (Å²) in [5, 5.41) is 8.56. The SMILES string of the molecule is Cc1ccc(I)c(C(=O)N(C)CCCC(=O)O)c1. The minimum atomic E-state index is -0.832. The molecule has 98 valence electrons. The summed E-state index contributed by atoms with van der Waals surface area (Å²) in [4.78, 5) is 24.2. The van der Waals surface area contributed by atoms with Crippen molar-refractivity contribution in [1.82, 2.24) is 4.90 Å². The molecular formula is C13H16INO3. The van der Waals surface area contributed by atoms with Crippen LogP contribution in [-0.4, -0.2) is 35.5 Å². The van der Waals surface area contributed by atoms with Crippen molar-refractivity contribution < 1.29 is 14.7 Å². The Kier molecular flexibility index (Phi) is 5.58. The van der Waals surface area contributed by atoms with E-state index in [4.69, 9.17) is 5.11 Å². The molecule has 18 heavy (non-hydrogen) atoms. The summed E-state index contributed by atoms with van der Waals surface area (Å²) in [5.41, 5.74) is 1.71. The van der Waals surface area contributed by atoms with Gasteiger partial charge >= 0.3 is 5.97 Å². The zero-order valence-electron chi connectivity index (χ0n) is 10.4. The molecule has 0 aromatic heterocycles. The smallest absolute Gasteiger partial charge is 0.303 e. The van der Waals surface area contributed by atoms with Crippen molar-refractivity contribution in [3.05, 3.63) is 32.9 Å². The number of hydrogen-bond donors (Lipinski definition) is 1. The van der Waals surface area contributed by atoms with Gasteiger partial charge in [0.15, 0.2) is 0 Å². The van der Waals surface area contributed by atoms with Gasteiger partial charge in [-0.25, -0.2) is 0 Å². The topological polar surface area (TPSA) is 57.6 Å². The molecular weight excluding hydrogens is 345 g/mol. The van der Waals surface area contributed by atoms with Crippen molar-refractivity contribution in [1.29, 1.82) is 0 Å². The van der Waals surface area contributed by atoms with E-state index in [9.17, 15) is 9.59 Å². The van der Waals surface area contributed by atoms with Crippen LogP contribution in [0.3, 0.4) is 0 Å². The number of rotatable bonds is 5. The number of amides is 1. The van der Waals surface area contributed by atoms with Gasteiger partial charge in [0.2, 0.25) is 0 Å². The predicted molar refractivity (Wildman–Crippen MR) is 77.7 cm³/mol. The Bertz CT molecular complexity index is 460. The summed E-state index contributed by atoms with van der Waals surface area (Å²) < 4.78 is 0.910. The number of halogens is 1. The van der Waals surface area contributed by atoms with E-state index >= 15 is 0 Å². The summed E-state index contributed by atoms with van der Waals surface area (Å²) in [6, 6.07) is 5.73. The molecule has 1 aromatic rings. The van der Waals surface area contributed by atoms with E-state index in [-0.39, 0.29) is 12.3 Å². The monoisotopic (exact) mass is 361 g/mol. The maximum atomic E-state index is 12.2. The van der Waals surface area contributed by atoms with Gasteiger partial charge in [-0.1, -0.05) is 11.6 Å². The van der Waals surface area contributed by atoms with Crippen LogP contribution in [0.2, 0.25) is 0 Å². The first-order chi connectivity index (χ1) is 8.41. The Morgan fingerprint density at radius 2 is 2.06 bits per heavy atom. The quantitative estimate of drug-likeness (QED) is 0.820. The predicted octanol–water partition coefficient (Wildman–Crippen LogP) is 2.54. The fourth-order valence-electron chi connectivity index (χ4n) is 1.58. The molecule has 0 aliphatic heterocycles. The highest BCUT2D eigenvalue weighted by atomic mass is 127. The molecule has 0 saturated heterocycles. The van der Waals surface area contributed by atoms with Gasteiger partial charge in [-0.3, -0.25) is 9.59 Å². The highest BCUT2D eigenvalue weighted by molar-refractivity contribution is 14.1. The average molecular weight is 361 g/mol. The van der Waals surface area contributed by atoms with E-state index < -0.39 is 5.97 Å². The van der Waals surface area contributed by atoms with Crippen molar-refractivity contribution in [2.75, 3.05) is 13.6 Å². The first-order valence-electron chi connectivity index (χ1n) is 5.65. The van der Waals surface area contributed by atoms with Crippen LogP contribution >= 0.6 is 22.6 Å². The van der Waals surface area contributed by atoms with E-state index in [0.717, 1.165) is 9.13 Å². The van der Waals surface area contributed by atoms with Crippen LogP contribution in [0.5, 0.6) is 0 Å². The molecule has 0 radical (unpaired) electrons. The van der Waals surface area contributed by atoms with Crippen molar-refractivity contribution >= 4 is 34.5 Å². The van der Waals surface area contributed by atoms with Crippen LogP contribution in [0.4, 0.5) is 0 Å². The molecule has 1 N–H and O–H groups in total. The van der Waals surface area contributed by atoms with Gasteiger partial charge in [-0.05, 0) is 48.1 Å². The van der Waals surface area contributed by atoms with Gasteiger partial charge in [0.25, 0.3) is 5.91 Å². The second-order valence-electron chi connectivity index (χ2n) is 4.21. The number of hydrogen-bond acceptors (Lipinski definition) is 2. The number of carboxylic acid groups (broad SMARTS) is 1. The fraction of sp³-hybridized carbons (Fsp3) is 0.385. The molecule has 1 amide bonds. The lowest BCUT2D eigenvalue weighted by Crippen LogP contribution is -2.28. The van der Waals surface area contributed by atoms with Crippen LogP contribution < -0.4 is 0 Å². The Morgan fingerprint density at radius 3 is 2.67 bits per heavy atom. The van der Waals surface area contributed by atoms with Gasteiger partial charge in [0.05, 0.1) is 5.56 Å². The third-order valence-electron chi connectivity index (χ3n) is 2.58. The second kappa shape index (κ2) is 6.72. The maximum Gasteiger partial charge on any atom is 0.303 e. The van der Waals surface area contributed by atoms with Crippen LogP contribution in [0, 0.1) is 10.5 Å². The van der Waals surface area contributed by atoms with Gasteiger partial charge in [-0.2, -0.15) is 0 Å². The minimum absolute atomic E-state index is 0.0616. The molecule has 5 heteroatoms. The van der Waals surface area contributed by atoms with Crippen LogP contribution in [0.15, 0.2) is 18.2 Å². The van der Waals surface area contributed by atoms with E-state index in [2.05, 4.69) is 22.6 Å². The molecule has 0 spiro atoms. The molecule has 0 aliphatic carbocycles. The lowest BCUT2D eigenvalue weighted by atomic mass is 10.1. The van der Waals surface area contributed by atoms with Crippen LogP contribution in [0.25, 0.3) is 0 Å². The molecule has 0 bridgehead atoms. The molecule has 0 aliphatic rings. The summed E-state index contributed by atoms with van der Waals surface area (Å²) in [6.07, 6.45) is 0.558. The van der Waals surface area contributed by atoms with Crippen molar-refractivity contribution in [2.45, 2.75) is 19.8 Å². The van der Waals surface area contributed by atoms with Crippen LogP contribution in [-0.2, 0) is 4.79 Å². The molecule has 1 rings (SSSR count). The van der Waals surface area contributed by atoms with Crippen molar-refractivity contribution in [2.24, 2.45) is 0 Å². The average Bonchev–Trinajstić information content (AvgIpc) is 2.30. The van der Waals surface area contributed by atoms with E-state index in [1.54, 1.807) is 11.9 Å². The Morgan fingerprint density at radius 1 is 1.39 bits per heavy atom. The molecule has 0 unspecified atom stereocenters. The number of carboxylic acids is 1.